The molecule has 4 aromatic heterocycles. The molecule has 0 saturated carbocycles. The number of nitrogens with zero attached hydrogens (tertiary/aromatic N) is 7. The summed E-state index contributed by atoms with van der Waals surface area (Å²) in [5.41, 5.74) is 10.6. The highest BCUT2D eigenvalue weighted by Crippen LogP contribution is 2.48. The lowest BCUT2D eigenvalue weighted by Crippen LogP contribution is -2.30. The fourth-order valence-corrected chi connectivity index (χ4v) is 4.98. The number of hydrogen-bond acceptors (Lipinski definition) is 16. The van der Waals surface area contributed by atoms with Gasteiger partial charge in [-0.25, -0.2) is 29.0 Å². The van der Waals surface area contributed by atoms with Gasteiger partial charge >= 0.3 is 22.4 Å². The Morgan fingerprint density at radius 2 is 1.81 bits per heavy atom. The van der Waals surface area contributed by atoms with Crippen molar-refractivity contribution in [3.8, 4) is 0 Å². The van der Waals surface area contributed by atoms with Gasteiger partial charge in [-0.3, -0.25) is 32.9 Å². The van der Waals surface area contributed by atoms with Crippen LogP contribution < -0.4 is 17.0 Å². The number of imidazole rings is 2. The molecule has 8 N–H and O–H groups in total. The van der Waals surface area contributed by atoms with Gasteiger partial charge in [-0.1, -0.05) is 6.92 Å². The molecule has 0 aliphatic rings. The fraction of sp³-hybridized carbons (Fsp3) is 0.474. The summed E-state index contributed by atoms with van der Waals surface area (Å²) in [6, 6.07) is 0. The van der Waals surface area contributed by atoms with Crippen LogP contribution in [0.3, 0.4) is 0 Å². The first-order chi connectivity index (χ1) is 20.3. The van der Waals surface area contributed by atoms with E-state index in [9.17, 15) is 33.2 Å². The van der Waals surface area contributed by atoms with Gasteiger partial charge in [-0.05, 0) is 17.9 Å². The summed E-state index contributed by atoms with van der Waals surface area (Å²) in [5.74, 6) is -0.265. The van der Waals surface area contributed by atoms with Crippen LogP contribution in [-0.2, 0) is 32.4 Å². The van der Waals surface area contributed by atoms with Crippen LogP contribution in [0.15, 0.2) is 23.8 Å². The van der Waals surface area contributed by atoms with Crippen molar-refractivity contribution in [1.29, 1.82) is 0 Å². The number of aromatic nitrogens is 8. The molecule has 43 heavy (non-hydrogen) atoms. The van der Waals surface area contributed by atoms with Crippen molar-refractivity contribution < 1.29 is 51.7 Å². The summed E-state index contributed by atoms with van der Waals surface area (Å²) in [6.07, 6.45) is -1.72. The number of nitrogens with one attached hydrogen (secondary N) is 1. The summed E-state index contributed by atoms with van der Waals surface area (Å²) >= 11 is 0. The highest BCUT2D eigenvalue weighted by Gasteiger charge is 2.37. The van der Waals surface area contributed by atoms with Gasteiger partial charge in [0, 0.05) is 0 Å². The van der Waals surface area contributed by atoms with Crippen molar-refractivity contribution >= 4 is 49.9 Å². The zero-order valence-corrected chi connectivity index (χ0v) is 24.0. The summed E-state index contributed by atoms with van der Waals surface area (Å²) in [5, 5.41) is 9.26. The van der Waals surface area contributed by atoms with E-state index < -0.39 is 59.3 Å². The number of phosphoric ester groups is 1. The Morgan fingerprint density at radius 1 is 1.12 bits per heavy atom. The number of H-pyrrole nitrogens is 1. The second kappa shape index (κ2) is 13.4. The predicted octanol–water partition coefficient (Wildman–Crippen LogP) is 0.324. The van der Waals surface area contributed by atoms with Crippen LogP contribution in [0.4, 0.5) is 16.2 Å². The van der Waals surface area contributed by atoms with Gasteiger partial charge in [0.05, 0.1) is 12.7 Å². The van der Waals surface area contributed by atoms with Crippen LogP contribution in [0, 0.1) is 0 Å². The monoisotopic (exact) mass is 651 g/mol. The molecular weight excluding hydrogens is 625 g/mol. The van der Waals surface area contributed by atoms with E-state index in [1.165, 1.54) is 17.2 Å². The van der Waals surface area contributed by atoms with Crippen LogP contribution in [0.5, 0.6) is 0 Å². The molecule has 24 heteroatoms. The summed E-state index contributed by atoms with van der Waals surface area (Å²) in [4.78, 5) is 53.9. The smallest absolute Gasteiger partial charge is 0.382 e. The van der Waals surface area contributed by atoms with Crippen LogP contribution in [-0.4, -0.2) is 79.4 Å². The van der Waals surface area contributed by atoms with E-state index in [1.54, 1.807) is 6.92 Å². The fourth-order valence-electron chi connectivity index (χ4n) is 3.83. The maximum Gasteiger partial charge on any atom is 0.534 e. The summed E-state index contributed by atoms with van der Waals surface area (Å²) in [6.45, 7) is -2.25. The second-order valence-electron chi connectivity index (χ2n) is 8.50. The van der Waals surface area contributed by atoms with Crippen molar-refractivity contribution in [3.63, 3.8) is 0 Å². The van der Waals surface area contributed by atoms with E-state index in [4.69, 9.17) is 34.7 Å². The summed E-state index contributed by atoms with van der Waals surface area (Å²) in [7, 11) is -8.18. The lowest BCUT2D eigenvalue weighted by Gasteiger charge is -2.29. The Balaban J connectivity index is 1.58. The molecule has 0 aliphatic carbocycles. The van der Waals surface area contributed by atoms with Crippen molar-refractivity contribution in [2.75, 3.05) is 17.8 Å². The highest BCUT2D eigenvalue weighted by molar-refractivity contribution is 7.47. The number of nitrogen functional groups attached to an aromatic ring is 2. The number of alkyl halides is 1. The van der Waals surface area contributed by atoms with Crippen LogP contribution in [0.2, 0.25) is 0 Å². The van der Waals surface area contributed by atoms with Gasteiger partial charge in [0.15, 0.2) is 28.9 Å². The molecular formula is C19H26FN10O11P2+. The standard InChI is InChI=1S/C19H25FN10O11P2/c1-3-9(29-5-25-10-12(21)23-4-24-13(10)29)38-19(37-7-42(33)34)41-43(35,36)40-8(2)16(39-17(20)32)30-6-26-11-14(30)27-18(22)28-15(11)31/h4-6,8-9,16-17,19,32H,3,7H2,1-2H3,(H6-,21,22,23,24,27,28,31,33,34,35,36)/p+1/t8?,9-,16-,17?,19?/m1/s1. The second-order valence-corrected chi connectivity index (χ2v) is 10.8. The number of anilines is 2. The van der Waals surface area contributed by atoms with Crippen LogP contribution in [0.25, 0.3) is 22.3 Å². The maximum absolute atomic E-state index is 13.6. The van der Waals surface area contributed by atoms with E-state index in [0.29, 0.717) is 0 Å². The SMILES string of the molecule is CC[C@@H](OC(OC[P+](=O)O)OP(=O)(O)OC(C)[C@@H](OC(O)F)n1cnc2c(=O)[nH]c(N)nc21)n1cnc2c(N)ncnc21. The molecule has 4 rings (SSSR count). The number of hydrogen-bond donors (Lipinski definition) is 6. The van der Waals surface area contributed by atoms with Crippen molar-refractivity contribution in [3.05, 3.63) is 29.3 Å². The molecule has 0 spiro atoms. The Hall–Kier alpha value is -3.56. The Bertz CT molecular complexity index is 1700. The largest absolute Gasteiger partial charge is 0.534 e. The summed E-state index contributed by atoms with van der Waals surface area (Å²) < 4.78 is 65.9. The van der Waals surface area contributed by atoms with Gasteiger partial charge in [-0.2, -0.15) is 14.3 Å². The highest BCUT2D eigenvalue weighted by atomic mass is 31.2. The third-order valence-electron chi connectivity index (χ3n) is 5.53. The van der Waals surface area contributed by atoms with Gasteiger partial charge in [0.1, 0.15) is 24.2 Å². The van der Waals surface area contributed by atoms with Crippen molar-refractivity contribution in [2.45, 2.75) is 51.8 Å². The number of aliphatic hydroxyl groups excluding tert-OH is 1. The number of fused-ring (bicyclic) bond motifs is 2. The number of phosphoric acid groups is 1. The molecule has 4 aromatic rings. The van der Waals surface area contributed by atoms with Gasteiger partial charge in [0.2, 0.25) is 5.95 Å². The number of rotatable bonds is 15. The first-order valence-corrected chi connectivity index (χ1v) is 14.9. The molecule has 0 aliphatic heterocycles. The topological polar surface area (TPSA) is 300 Å². The van der Waals surface area contributed by atoms with Gasteiger partial charge in [0.25, 0.3) is 18.4 Å². The minimum absolute atomic E-state index is 0.0745. The molecule has 4 heterocycles. The lowest BCUT2D eigenvalue weighted by molar-refractivity contribution is -0.282. The molecule has 234 valence electrons. The van der Waals surface area contributed by atoms with Crippen LogP contribution in [0.1, 0.15) is 32.7 Å². The predicted molar refractivity (Wildman–Crippen MR) is 141 cm³/mol. The molecule has 0 fully saturated rings. The normalized spacial score (nSPS) is 17.4. The number of ether oxygens (including phenoxy) is 3. The van der Waals surface area contributed by atoms with Crippen LogP contribution >= 0.6 is 15.9 Å². The van der Waals surface area contributed by atoms with E-state index in [1.807, 2.05) is 0 Å². The number of nitrogens with two attached hydrogens (primary N) is 2. The lowest BCUT2D eigenvalue weighted by atomic mass is 10.3. The van der Waals surface area contributed by atoms with Crippen molar-refractivity contribution in [1.82, 2.24) is 39.0 Å². The molecule has 0 aromatic carbocycles. The average molecular weight is 651 g/mol. The first-order valence-electron chi connectivity index (χ1n) is 12.0. The molecule has 21 nitrogen and oxygen atoms in total. The minimum atomic E-state index is -5.27. The average Bonchev–Trinajstić information content (AvgIpc) is 3.54. The molecule has 0 radical (unpaired) electrons. The molecule has 0 amide bonds. The number of aliphatic hydroxyl groups is 1. The molecule has 0 saturated heterocycles. The van der Waals surface area contributed by atoms with E-state index in [2.05, 4.69) is 29.9 Å². The van der Waals surface area contributed by atoms with E-state index in [0.717, 1.165) is 17.8 Å². The first kappa shape index (κ1) is 32.4. The Kier molecular flexibility index (Phi) is 10.1. The van der Waals surface area contributed by atoms with Crippen molar-refractivity contribution in [2.24, 2.45) is 0 Å². The Morgan fingerprint density at radius 3 is 2.49 bits per heavy atom. The third kappa shape index (κ3) is 7.70. The van der Waals surface area contributed by atoms with Gasteiger partial charge < -0.3 is 26.2 Å². The molecule has 7 atom stereocenters. The van der Waals surface area contributed by atoms with E-state index in [-0.39, 0.29) is 40.5 Å². The third-order valence-corrected chi connectivity index (χ3v) is 6.94. The number of halogens is 1. The Labute approximate surface area is 240 Å². The van der Waals surface area contributed by atoms with Gasteiger partial charge in [-0.15, -0.1) is 0 Å². The maximum atomic E-state index is 13.6. The molecule has 5 unspecified atom stereocenters. The number of aromatic amines is 1. The minimum Gasteiger partial charge on any atom is -0.382 e. The zero-order chi connectivity index (χ0) is 31.5. The van der Waals surface area contributed by atoms with E-state index >= 15 is 0 Å². The molecule has 0 bridgehead atoms. The quantitative estimate of drug-likeness (QED) is 0.0744. The zero-order valence-electron chi connectivity index (χ0n) is 22.2.